The Kier molecular flexibility index (Phi) is 5.67. The third kappa shape index (κ3) is 4.49. The molecular weight excluding hydrogens is 359 g/mol. The van der Waals surface area contributed by atoms with Gasteiger partial charge in [-0.1, -0.05) is 12.1 Å². The molecule has 150 valence electrons. The molecule has 0 spiro atoms. The summed E-state index contributed by atoms with van der Waals surface area (Å²) < 4.78 is 21.6. The first-order valence-electron chi connectivity index (χ1n) is 9.28. The zero-order valence-electron chi connectivity index (χ0n) is 16.8. The van der Waals surface area contributed by atoms with E-state index in [1.807, 2.05) is 32.4 Å². The van der Waals surface area contributed by atoms with Gasteiger partial charge in [-0.3, -0.25) is 0 Å². The summed E-state index contributed by atoms with van der Waals surface area (Å²) in [5.41, 5.74) is 0.478. The van der Waals surface area contributed by atoms with Crippen molar-refractivity contribution in [3.63, 3.8) is 0 Å². The van der Waals surface area contributed by atoms with Crippen LogP contribution in [0.15, 0.2) is 35.8 Å². The Labute approximate surface area is 164 Å². The number of aliphatic imine (C=N–C) groups is 1. The lowest BCUT2D eigenvalue weighted by Crippen LogP contribution is -2.45. The lowest BCUT2D eigenvalue weighted by molar-refractivity contribution is 0.0689. The third-order valence-corrected chi connectivity index (χ3v) is 4.72. The summed E-state index contributed by atoms with van der Waals surface area (Å²) in [7, 11) is 1.91. The van der Waals surface area contributed by atoms with Crippen molar-refractivity contribution in [3.05, 3.63) is 53.9 Å². The topological polar surface area (TPSA) is 76.4 Å². The fourth-order valence-corrected chi connectivity index (χ4v) is 3.18. The van der Waals surface area contributed by atoms with Crippen molar-refractivity contribution in [1.29, 1.82) is 0 Å². The highest BCUT2D eigenvalue weighted by molar-refractivity contribution is 5.80. The Balaban J connectivity index is 1.85. The normalized spacial score (nSPS) is 18.2. The van der Waals surface area contributed by atoms with Crippen molar-refractivity contribution >= 4 is 5.96 Å². The summed E-state index contributed by atoms with van der Waals surface area (Å²) >= 11 is 0. The third-order valence-electron chi connectivity index (χ3n) is 4.72. The number of rotatable bonds is 5. The van der Waals surface area contributed by atoms with Crippen molar-refractivity contribution in [1.82, 2.24) is 25.4 Å². The van der Waals surface area contributed by atoms with Crippen LogP contribution in [0.25, 0.3) is 0 Å². The van der Waals surface area contributed by atoms with E-state index in [2.05, 4.69) is 32.4 Å². The molecular formula is C20H27FN6O. The van der Waals surface area contributed by atoms with Crippen molar-refractivity contribution in [2.45, 2.75) is 45.4 Å². The molecule has 0 saturated carbocycles. The Morgan fingerprint density at radius 1 is 1.46 bits per heavy atom. The molecule has 1 aliphatic rings. The molecule has 2 N–H and O–H groups in total. The van der Waals surface area contributed by atoms with Crippen LogP contribution in [0.2, 0.25) is 0 Å². The molecule has 1 aliphatic heterocycles. The van der Waals surface area contributed by atoms with Gasteiger partial charge in [0.05, 0.1) is 6.04 Å². The summed E-state index contributed by atoms with van der Waals surface area (Å²) in [4.78, 5) is 4.65. The van der Waals surface area contributed by atoms with Crippen molar-refractivity contribution in [2.75, 3.05) is 6.54 Å². The molecule has 0 saturated heterocycles. The lowest BCUT2D eigenvalue weighted by Gasteiger charge is -2.38. The molecule has 1 unspecified atom stereocenters. The molecule has 2 heterocycles. The molecule has 0 radical (unpaired) electrons. The quantitative estimate of drug-likeness (QED) is 0.469. The van der Waals surface area contributed by atoms with Gasteiger partial charge in [-0.05, 0) is 26.8 Å². The first-order chi connectivity index (χ1) is 13.3. The number of guanidine groups is 1. The number of benzene rings is 1. The maximum atomic E-state index is 13.7. The van der Waals surface area contributed by atoms with E-state index >= 15 is 0 Å². The van der Waals surface area contributed by atoms with E-state index in [1.54, 1.807) is 12.1 Å². The minimum absolute atomic E-state index is 0.0725. The highest BCUT2D eigenvalue weighted by Gasteiger charge is 2.34. The van der Waals surface area contributed by atoms with Gasteiger partial charge in [0.2, 0.25) is 0 Å². The van der Waals surface area contributed by atoms with Crippen LogP contribution in [0.1, 0.15) is 43.5 Å². The molecule has 2 aromatic rings. The van der Waals surface area contributed by atoms with Crippen LogP contribution in [0.3, 0.4) is 0 Å². The van der Waals surface area contributed by atoms with Gasteiger partial charge in [0.25, 0.3) is 0 Å². The fourth-order valence-electron chi connectivity index (χ4n) is 3.18. The summed E-state index contributed by atoms with van der Waals surface area (Å²) in [5.74, 6) is 2.47. The number of ether oxygens (including phenoxy) is 1. The standard InChI is InChI=1S/C20H27FN6O/c1-6-9-22-19(23-12-18-26-25-13(2)27(18)5)24-16-11-20(3,4)28-17-10-14(21)7-8-15(16)17/h6-8,10,16H,1,9,11-12H2,2-5H3,(H2,22,23,24). The molecule has 0 fully saturated rings. The number of fused-ring (bicyclic) bond motifs is 1. The predicted octanol–water partition coefficient (Wildman–Crippen LogP) is 2.79. The number of nitrogens with zero attached hydrogens (tertiary/aromatic N) is 4. The molecule has 0 bridgehead atoms. The minimum Gasteiger partial charge on any atom is -0.487 e. The highest BCUT2D eigenvalue weighted by Crippen LogP contribution is 2.39. The lowest BCUT2D eigenvalue weighted by atomic mass is 9.90. The number of nitrogens with one attached hydrogen (secondary N) is 2. The number of hydrogen-bond acceptors (Lipinski definition) is 4. The van der Waals surface area contributed by atoms with Gasteiger partial charge in [0.1, 0.15) is 29.5 Å². The first-order valence-corrected chi connectivity index (χ1v) is 9.28. The second-order valence-corrected chi connectivity index (χ2v) is 7.50. The Hall–Kier alpha value is -2.90. The van der Waals surface area contributed by atoms with Gasteiger partial charge in [-0.15, -0.1) is 16.8 Å². The summed E-state index contributed by atoms with van der Waals surface area (Å²) in [6.45, 7) is 10.6. The molecule has 7 nitrogen and oxygen atoms in total. The van der Waals surface area contributed by atoms with Gasteiger partial charge >= 0.3 is 0 Å². The van der Waals surface area contributed by atoms with Crippen LogP contribution in [-0.2, 0) is 13.6 Å². The van der Waals surface area contributed by atoms with Gasteiger partial charge in [-0.2, -0.15) is 0 Å². The SMILES string of the molecule is C=CCNC(=NCc1nnc(C)n1C)NC1CC(C)(C)Oc2cc(F)ccc21. The second-order valence-electron chi connectivity index (χ2n) is 7.50. The predicted molar refractivity (Wildman–Crippen MR) is 107 cm³/mol. The molecule has 3 rings (SSSR count). The maximum absolute atomic E-state index is 13.7. The Morgan fingerprint density at radius 2 is 2.25 bits per heavy atom. The van der Waals surface area contributed by atoms with Crippen LogP contribution in [0.5, 0.6) is 5.75 Å². The van der Waals surface area contributed by atoms with Gasteiger partial charge in [0, 0.05) is 31.6 Å². The maximum Gasteiger partial charge on any atom is 0.192 e. The molecule has 1 aromatic carbocycles. The largest absolute Gasteiger partial charge is 0.487 e. The van der Waals surface area contributed by atoms with E-state index in [9.17, 15) is 4.39 Å². The first kappa shape index (κ1) is 19.9. The van der Waals surface area contributed by atoms with E-state index in [4.69, 9.17) is 4.74 Å². The van der Waals surface area contributed by atoms with Crippen molar-refractivity contribution in [2.24, 2.45) is 12.0 Å². The Morgan fingerprint density at radius 3 is 2.93 bits per heavy atom. The van der Waals surface area contributed by atoms with Crippen molar-refractivity contribution in [3.8, 4) is 5.75 Å². The van der Waals surface area contributed by atoms with E-state index in [-0.39, 0.29) is 11.9 Å². The van der Waals surface area contributed by atoms with Crippen LogP contribution in [0.4, 0.5) is 4.39 Å². The molecule has 0 aliphatic carbocycles. The Bertz CT molecular complexity index is 889. The summed E-state index contributed by atoms with van der Waals surface area (Å²) in [6, 6.07) is 4.57. The summed E-state index contributed by atoms with van der Waals surface area (Å²) in [6.07, 6.45) is 2.48. The van der Waals surface area contributed by atoms with E-state index in [0.29, 0.717) is 31.2 Å². The molecule has 8 heteroatoms. The van der Waals surface area contributed by atoms with E-state index in [1.165, 1.54) is 12.1 Å². The monoisotopic (exact) mass is 386 g/mol. The number of halogens is 1. The van der Waals surface area contributed by atoms with Crippen LogP contribution in [-0.4, -0.2) is 32.9 Å². The number of hydrogen-bond donors (Lipinski definition) is 2. The molecule has 28 heavy (non-hydrogen) atoms. The minimum atomic E-state index is -0.428. The van der Waals surface area contributed by atoms with Gasteiger partial charge in [0.15, 0.2) is 11.8 Å². The number of aromatic nitrogens is 3. The fraction of sp³-hybridized carbons (Fsp3) is 0.450. The number of aryl methyl sites for hydroxylation is 1. The van der Waals surface area contributed by atoms with Crippen LogP contribution in [0, 0.1) is 12.7 Å². The average Bonchev–Trinajstić information content (AvgIpc) is 2.94. The zero-order valence-corrected chi connectivity index (χ0v) is 16.8. The smallest absolute Gasteiger partial charge is 0.192 e. The van der Waals surface area contributed by atoms with E-state index < -0.39 is 5.60 Å². The molecule has 1 atom stereocenters. The molecule has 1 aromatic heterocycles. The zero-order chi connectivity index (χ0) is 20.3. The second kappa shape index (κ2) is 8.00. The van der Waals surface area contributed by atoms with Crippen molar-refractivity contribution < 1.29 is 9.13 Å². The average molecular weight is 386 g/mol. The van der Waals surface area contributed by atoms with E-state index in [0.717, 1.165) is 17.2 Å². The van der Waals surface area contributed by atoms with Crippen LogP contribution < -0.4 is 15.4 Å². The van der Waals surface area contributed by atoms with Gasteiger partial charge in [-0.25, -0.2) is 9.38 Å². The summed E-state index contributed by atoms with van der Waals surface area (Å²) in [5, 5.41) is 14.9. The molecule has 0 amide bonds. The van der Waals surface area contributed by atoms with Crippen LogP contribution >= 0.6 is 0 Å². The van der Waals surface area contributed by atoms with Gasteiger partial charge < -0.3 is 19.9 Å². The highest BCUT2D eigenvalue weighted by atomic mass is 19.1.